The first kappa shape index (κ1) is 20.6. The number of amides is 2. The molecule has 2 heterocycles. The molecular formula is C17H18F3N5O4. The number of nitro groups is 1. The molecule has 0 radical (unpaired) electrons. The maximum Gasteiger partial charge on any atom is 0.416 e. The lowest BCUT2D eigenvalue weighted by atomic mass is 10.1. The minimum absolute atomic E-state index is 0.0791. The Morgan fingerprint density at radius 3 is 2.38 bits per heavy atom. The lowest BCUT2D eigenvalue weighted by Gasteiger charge is -2.36. The van der Waals surface area contributed by atoms with Crippen molar-refractivity contribution in [2.75, 3.05) is 38.1 Å². The SMILES string of the molecule is CN1N=C(C(=O)N2CCN(c3ccc(C(F)(F)F)cc3[N+](=O)[O-])CC2)CCC1=O. The van der Waals surface area contributed by atoms with Gasteiger partial charge in [0.25, 0.3) is 11.6 Å². The van der Waals surface area contributed by atoms with E-state index in [0.717, 1.165) is 17.1 Å². The van der Waals surface area contributed by atoms with Crippen LogP contribution in [-0.4, -0.2) is 65.6 Å². The molecule has 0 N–H and O–H groups in total. The number of alkyl halides is 3. The van der Waals surface area contributed by atoms with E-state index in [1.165, 1.54) is 11.9 Å². The summed E-state index contributed by atoms with van der Waals surface area (Å²) < 4.78 is 38.6. The van der Waals surface area contributed by atoms with Gasteiger partial charge in [-0.3, -0.25) is 19.7 Å². The topological polar surface area (TPSA) is 99.4 Å². The van der Waals surface area contributed by atoms with E-state index in [4.69, 9.17) is 0 Å². The van der Waals surface area contributed by atoms with E-state index in [2.05, 4.69) is 5.10 Å². The van der Waals surface area contributed by atoms with Crippen LogP contribution in [0.3, 0.4) is 0 Å². The van der Waals surface area contributed by atoms with Crippen LogP contribution < -0.4 is 4.90 Å². The van der Waals surface area contributed by atoms with Gasteiger partial charge in [0.1, 0.15) is 11.4 Å². The molecule has 0 atom stereocenters. The average molecular weight is 413 g/mol. The van der Waals surface area contributed by atoms with Gasteiger partial charge in [-0.25, -0.2) is 5.01 Å². The molecule has 3 rings (SSSR count). The van der Waals surface area contributed by atoms with Crippen LogP contribution in [0.25, 0.3) is 0 Å². The van der Waals surface area contributed by atoms with Crippen molar-refractivity contribution in [1.29, 1.82) is 0 Å². The fraction of sp³-hybridized carbons (Fsp3) is 0.471. The maximum absolute atomic E-state index is 12.9. The standard InChI is InChI=1S/C17H18F3N5O4/c1-22-15(26)5-3-12(21-22)16(27)24-8-6-23(7-9-24)13-4-2-11(17(18,19)20)10-14(13)25(28)29/h2,4,10H,3,5-9H2,1H3. The van der Waals surface area contributed by atoms with E-state index < -0.39 is 22.4 Å². The number of rotatable bonds is 3. The molecule has 0 bridgehead atoms. The van der Waals surface area contributed by atoms with Gasteiger partial charge < -0.3 is 9.80 Å². The Labute approximate surface area is 163 Å². The molecule has 0 spiro atoms. The summed E-state index contributed by atoms with van der Waals surface area (Å²) in [7, 11) is 1.47. The Morgan fingerprint density at radius 2 is 1.83 bits per heavy atom. The molecule has 156 valence electrons. The van der Waals surface area contributed by atoms with Gasteiger partial charge in [0.2, 0.25) is 5.91 Å². The molecule has 29 heavy (non-hydrogen) atoms. The van der Waals surface area contributed by atoms with Crippen molar-refractivity contribution in [1.82, 2.24) is 9.91 Å². The first-order chi connectivity index (χ1) is 13.6. The average Bonchev–Trinajstić information content (AvgIpc) is 2.68. The number of nitro benzene ring substituents is 1. The van der Waals surface area contributed by atoms with Crippen LogP contribution in [0.4, 0.5) is 24.5 Å². The van der Waals surface area contributed by atoms with Gasteiger partial charge in [-0.2, -0.15) is 18.3 Å². The van der Waals surface area contributed by atoms with Crippen LogP contribution in [0.2, 0.25) is 0 Å². The fourth-order valence-electron chi connectivity index (χ4n) is 3.27. The van der Waals surface area contributed by atoms with Crippen LogP contribution >= 0.6 is 0 Å². The van der Waals surface area contributed by atoms with Crippen molar-refractivity contribution in [2.24, 2.45) is 5.10 Å². The molecule has 0 aromatic heterocycles. The molecule has 1 saturated heterocycles. The molecule has 2 amide bonds. The third-order valence-electron chi connectivity index (χ3n) is 4.86. The van der Waals surface area contributed by atoms with E-state index in [9.17, 15) is 32.9 Å². The number of carbonyl (C=O) groups is 2. The number of anilines is 1. The number of hydrogen-bond acceptors (Lipinski definition) is 6. The molecule has 2 aliphatic rings. The van der Waals surface area contributed by atoms with Gasteiger partial charge >= 0.3 is 6.18 Å². The van der Waals surface area contributed by atoms with E-state index in [1.54, 1.807) is 4.90 Å². The minimum atomic E-state index is -4.68. The summed E-state index contributed by atoms with van der Waals surface area (Å²) in [6.07, 6.45) is -4.24. The first-order valence-electron chi connectivity index (χ1n) is 8.82. The molecule has 12 heteroatoms. The quantitative estimate of drug-likeness (QED) is 0.557. The van der Waals surface area contributed by atoms with Crippen molar-refractivity contribution in [3.8, 4) is 0 Å². The van der Waals surface area contributed by atoms with Crippen molar-refractivity contribution < 1.29 is 27.7 Å². The predicted octanol–water partition coefficient (Wildman–Crippen LogP) is 1.87. The van der Waals surface area contributed by atoms with Gasteiger partial charge in [0.15, 0.2) is 0 Å². The minimum Gasteiger partial charge on any atom is -0.362 e. The van der Waals surface area contributed by atoms with Crippen LogP contribution in [0.1, 0.15) is 18.4 Å². The molecule has 0 aliphatic carbocycles. The summed E-state index contributed by atoms with van der Waals surface area (Å²) in [5.74, 6) is -0.494. The largest absolute Gasteiger partial charge is 0.416 e. The fourth-order valence-corrected chi connectivity index (χ4v) is 3.27. The number of carbonyl (C=O) groups excluding carboxylic acids is 2. The second-order valence-electron chi connectivity index (χ2n) is 6.70. The van der Waals surface area contributed by atoms with Gasteiger partial charge in [-0.1, -0.05) is 0 Å². The van der Waals surface area contributed by atoms with Crippen molar-refractivity contribution in [2.45, 2.75) is 19.0 Å². The monoisotopic (exact) mass is 413 g/mol. The van der Waals surface area contributed by atoms with Gasteiger partial charge in [-0.05, 0) is 12.1 Å². The van der Waals surface area contributed by atoms with Crippen LogP contribution in [-0.2, 0) is 15.8 Å². The third-order valence-corrected chi connectivity index (χ3v) is 4.86. The second kappa shape index (κ2) is 7.68. The summed E-state index contributed by atoms with van der Waals surface area (Å²) in [5.41, 5.74) is -1.37. The first-order valence-corrected chi connectivity index (χ1v) is 8.82. The Hall–Kier alpha value is -3.18. The molecule has 0 unspecified atom stereocenters. The molecule has 2 aliphatic heterocycles. The van der Waals surface area contributed by atoms with E-state index in [1.807, 2.05) is 0 Å². The highest BCUT2D eigenvalue weighted by atomic mass is 19.4. The summed E-state index contributed by atoms with van der Waals surface area (Å²) >= 11 is 0. The molecular weight excluding hydrogens is 395 g/mol. The zero-order chi connectivity index (χ0) is 21.3. The zero-order valence-corrected chi connectivity index (χ0v) is 15.5. The highest BCUT2D eigenvalue weighted by Gasteiger charge is 2.35. The lowest BCUT2D eigenvalue weighted by molar-refractivity contribution is -0.384. The Kier molecular flexibility index (Phi) is 5.44. The highest BCUT2D eigenvalue weighted by molar-refractivity contribution is 6.39. The predicted molar refractivity (Wildman–Crippen MR) is 96.3 cm³/mol. The van der Waals surface area contributed by atoms with Crippen LogP contribution in [0.15, 0.2) is 23.3 Å². The smallest absolute Gasteiger partial charge is 0.362 e. The summed E-state index contributed by atoms with van der Waals surface area (Å²) in [5, 5.41) is 16.4. The second-order valence-corrected chi connectivity index (χ2v) is 6.70. The Bertz CT molecular complexity index is 878. The zero-order valence-electron chi connectivity index (χ0n) is 15.5. The molecule has 1 aromatic rings. The van der Waals surface area contributed by atoms with Crippen molar-refractivity contribution in [3.05, 3.63) is 33.9 Å². The Morgan fingerprint density at radius 1 is 1.17 bits per heavy atom. The number of benzene rings is 1. The lowest BCUT2D eigenvalue weighted by Crippen LogP contribution is -2.51. The number of hydrazone groups is 1. The molecule has 9 nitrogen and oxygen atoms in total. The number of nitrogens with zero attached hydrogens (tertiary/aromatic N) is 5. The summed E-state index contributed by atoms with van der Waals surface area (Å²) in [6, 6.07) is 2.42. The molecule has 1 fully saturated rings. The molecule has 1 aromatic carbocycles. The number of halogens is 3. The van der Waals surface area contributed by atoms with E-state index in [-0.39, 0.29) is 62.2 Å². The van der Waals surface area contributed by atoms with Crippen LogP contribution in [0.5, 0.6) is 0 Å². The van der Waals surface area contributed by atoms with Gasteiger partial charge in [0, 0.05) is 52.1 Å². The normalized spacial score (nSPS) is 18.0. The Balaban J connectivity index is 1.72. The number of piperazine rings is 1. The number of hydrogen-bond donors (Lipinski definition) is 0. The molecule has 0 saturated carbocycles. The van der Waals surface area contributed by atoms with Crippen molar-refractivity contribution in [3.63, 3.8) is 0 Å². The van der Waals surface area contributed by atoms with Gasteiger partial charge in [-0.15, -0.1) is 0 Å². The summed E-state index contributed by atoms with van der Waals surface area (Å²) in [4.78, 5) is 37.6. The highest BCUT2D eigenvalue weighted by Crippen LogP contribution is 2.36. The summed E-state index contributed by atoms with van der Waals surface area (Å²) in [6.45, 7) is 0.904. The van der Waals surface area contributed by atoms with Crippen molar-refractivity contribution >= 4 is 28.9 Å². The van der Waals surface area contributed by atoms with Gasteiger partial charge in [0.05, 0.1) is 10.5 Å². The third kappa shape index (κ3) is 4.30. The van der Waals surface area contributed by atoms with E-state index >= 15 is 0 Å². The van der Waals surface area contributed by atoms with Crippen LogP contribution in [0, 0.1) is 10.1 Å². The van der Waals surface area contributed by atoms with E-state index in [0.29, 0.717) is 6.07 Å². The maximum atomic E-state index is 12.9.